The third-order valence-corrected chi connectivity index (χ3v) is 2.25. The highest BCUT2D eigenvalue weighted by Crippen LogP contribution is 2.31. The summed E-state index contributed by atoms with van der Waals surface area (Å²) in [5, 5.41) is 0. The number of primary amides is 1. The lowest BCUT2D eigenvalue weighted by Crippen LogP contribution is -2.27. The van der Waals surface area contributed by atoms with Gasteiger partial charge in [0, 0.05) is 6.07 Å². The second-order valence-corrected chi connectivity index (χ2v) is 3.09. The van der Waals surface area contributed by atoms with Crippen molar-refractivity contribution in [2.45, 2.75) is 0 Å². The smallest absolute Gasteiger partial charge is 0.329 e. The molecule has 0 atom stereocenters. The summed E-state index contributed by atoms with van der Waals surface area (Å²) in [7, 11) is 3.04. The van der Waals surface area contributed by atoms with Gasteiger partial charge in [-0.1, -0.05) is 12.8 Å². The Bertz CT molecular complexity index is 370. The molecule has 82 valence electrons. The monoisotopic (exact) mass is 228 g/mol. The van der Waals surface area contributed by atoms with Crippen molar-refractivity contribution in [3.05, 3.63) is 18.2 Å². The van der Waals surface area contributed by atoms with Crippen LogP contribution in [0.15, 0.2) is 18.2 Å². The molecule has 1 aromatic carbocycles. The van der Waals surface area contributed by atoms with Crippen LogP contribution >= 0.6 is 12.8 Å². The number of rotatable bonds is 3. The van der Waals surface area contributed by atoms with E-state index in [0.29, 0.717) is 17.2 Å². The summed E-state index contributed by atoms with van der Waals surface area (Å²) < 4.78 is 11.1. The van der Waals surface area contributed by atoms with Crippen LogP contribution in [0.1, 0.15) is 0 Å². The molecule has 0 saturated heterocycles. The van der Waals surface area contributed by atoms with Crippen LogP contribution in [0.5, 0.6) is 11.5 Å². The van der Waals surface area contributed by atoms with E-state index < -0.39 is 6.03 Å². The Balaban J connectivity index is 3.07. The number of nitrogens with zero attached hydrogens (tertiary/aromatic N) is 1. The van der Waals surface area contributed by atoms with Gasteiger partial charge in [-0.3, -0.25) is 0 Å². The fraction of sp³-hybridized carbons (Fsp3) is 0.222. The average Bonchev–Trinajstić information content (AvgIpc) is 2.26. The lowest BCUT2D eigenvalue weighted by atomic mass is 10.3. The first-order chi connectivity index (χ1) is 7.10. The van der Waals surface area contributed by atoms with Gasteiger partial charge in [-0.25, -0.2) is 9.10 Å². The van der Waals surface area contributed by atoms with E-state index in [-0.39, 0.29) is 0 Å². The first-order valence-corrected chi connectivity index (χ1v) is 4.50. The maximum Gasteiger partial charge on any atom is 0.329 e. The standard InChI is InChI=1S/C9H12N2O3S/c1-13-7-4-3-6(5-8(7)14-2)11(15)9(10)12/h3-5,15H,1-2H3,(H2,10,12). The maximum atomic E-state index is 10.9. The molecular weight excluding hydrogens is 216 g/mol. The molecule has 0 aliphatic rings. The number of methoxy groups -OCH3 is 2. The zero-order valence-electron chi connectivity index (χ0n) is 8.43. The number of benzene rings is 1. The van der Waals surface area contributed by atoms with E-state index in [1.165, 1.54) is 14.2 Å². The van der Waals surface area contributed by atoms with Gasteiger partial charge in [0.25, 0.3) is 0 Å². The summed E-state index contributed by atoms with van der Waals surface area (Å²) in [6.07, 6.45) is 0. The molecule has 0 saturated carbocycles. The molecule has 0 heterocycles. The maximum absolute atomic E-state index is 10.9. The number of nitrogens with two attached hydrogens (primary N) is 1. The minimum absolute atomic E-state index is 0.510. The van der Waals surface area contributed by atoms with E-state index in [0.717, 1.165) is 4.31 Å². The Hall–Kier alpha value is -1.56. The van der Waals surface area contributed by atoms with Crippen molar-refractivity contribution < 1.29 is 14.3 Å². The number of carbonyl (C=O) groups excluding carboxylic acids is 1. The molecular formula is C9H12N2O3S. The molecule has 0 unspecified atom stereocenters. The molecule has 0 spiro atoms. The summed E-state index contributed by atoms with van der Waals surface area (Å²) in [6, 6.07) is 4.27. The topological polar surface area (TPSA) is 64.8 Å². The van der Waals surface area contributed by atoms with Gasteiger partial charge in [0.15, 0.2) is 11.5 Å². The number of urea groups is 1. The summed E-state index contributed by atoms with van der Waals surface area (Å²) in [5.41, 5.74) is 5.59. The van der Waals surface area contributed by atoms with E-state index in [2.05, 4.69) is 12.8 Å². The van der Waals surface area contributed by atoms with E-state index in [4.69, 9.17) is 15.2 Å². The van der Waals surface area contributed by atoms with Crippen LogP contribution in [0, 0.1) is 0 Å². The van der Waals surface area contributed by atoms with Gasteiger partial charge in [-0.2, -0.15) is 0 Å². The molecule has 15 heavy (non-hydrogen) atoms. The Morgan fingerprint density at radius 2 is 1.93 bits per heavy atom. The normalized spacial score (nSPS) is 9.53. The first-order valence-electron chi connectivity index (χ1n) is 4.10. The van der Waals surface area contributed by atoms with Crippen molar-refractivity contribution in [3.63, 3.8) is 0 Å². The molecule has 1 rings (SSSR count). The zero-order valence-corrected chi connectivity index (χ0v) is 9.32. The lowest BCUT2D eigenvalue weighted by Gasteiger charge is -2.15. The Morgan fingerprint density at radius 3 is 2.40 bits per heavy atom. The summed E-state index contributed by atoms with van der Waals surface area (Å²) in [5.74, 6) is 1.09. The lowest BCUT2D eigenvalue weighted by molar-refractivity contribution is 0.257. The van der Waals surface area contributed by atoms with Gasteiger partial charge >= 0.3 is 6.03 Å². The molecule has 5 nitrogen and oxygen atoms in total. The van der Waals surface area contributed by atoms with Crippen molar-refractivity contribution in [1.82, 2.24) is 0 Å². The molecule has 0 fully saturated rings. The fourth-order valence-electron chi connectivity index (χ4n) is 1.08. The van der Waals surface area contributed by atoms with Gasteiger partial charge in [-0.05, 0) is 12.1 Å². The highest BCUT2D eigenvalue weighted by Gasteiger charge is 2.11. The van der Waals surface area contributed by atoms with Crippen molar-refractivity contribution in [2.24, 2.45) is 5.73 Å². The quantitative estimate of drug-likeness (QED) is 0.769. The number of amides is 2. The van der Waals surface area contributed by atoms with Crippen molar-refractivity contribution in [3.8, 4) is 11.5 Å². The largest absolute Gasteiger partial charge is 0.493 e. The Kier molecular flexibility index (Phi) is 3.68. The first kappa shape index (κ1) is 11.5. The van der Waals surface area contributed by atoms with Crippen molar-refractivity contribution in [2.75, 3.05) is 18.5 Å². The van der Waals surface area contributed by atoms with Gasteiger partial charge < -0.3 is 15.2 Å². The molecule has 0 radical (unpaired) electrons. The Morgan fingerprint density at radius 1 is 1.33 bits per heavy atom. The highest BCUT2D eigenvalue weighted by molar-refractivity contribution is 7.82. The minimum atomic E-state index is -0.662. The van der Waals surface area contributed by atoms with Crippen LogP contribution in [0.3, 0.4) is 0 Å². The summed E-state index contributed by atoms with van der Waals surface area (Å²) >= 11 is 3.93. The second kappa shape index (κ2) is 4.79. The van der Waals surface area contributed by atoms with Crippen LogP contribution in [-0.2, 0) is 0 Å². The molecule has 0 aliphatic heterocycles. The van der Waals surface area contributed by atoms with E-state index in [9.17, 15) is 4.79 Å². The van der Waals surface area contributed by atoms with Crippen LogP contribution in [-0.4, -0.2) is 20.3 Å². The van der Waals surface area contributed by atoms with Crippen LogP contribution in [0.25, 0.3) is 0 Å². The molecule has 0 aromatic heterocycles. The number of anilines is 1. The van der Waals surface area contributed by atoms with Gasteiger partial charge in [0.2, 0.25) is 0 Å². The molecule has 0 aliphatic carbocycles. The predicted molar refractivity (Wildman–Crippen MR) is 60.6 cm³/mol. The molecule has 2 amide bonds. The molecule has 6 heteroatoms. The highest BCUT2D eigenvalue weighted by atomic mass is 32.1. The predicted octanol–water partition coefficient (Wildman–Crippen LogP) is 1.43. The fourth-order valence-corrected chi connectivity index (χ4v) is 1.21. The van der Waals surface area contributed by atoms with Gasteiger partial charge in [0.1, 0.15) is 0 Å². The number of hydrogen-bond donors (Lipinski definition) is 2. The van der Waals surface area contributed by atoms with Gasteiger partial charge in [0.05, 0.1) is 19.9 Å². The van der Waals surface area contributed by atoms with E-state index in [1.54, 1.807) is 18.2 Å². The van der Waals surface area contributed by atoms with Crippen molar-refractivity contribution >= 4 is 24.5 Å². The second-order valence-electron chi connectivity index (χ2n) is 2.69. The molecule has 1 aromatic rings. The number of thiol groups is 1. The number of ether oxygens (including phenoxy) is 2. The zero-order chi connectivity index (χ0) is 11.4. The van der Waals surface area contributed by atoms with Crippen molar-refractivity contribution in [1.29, 1.82) is 0 Å². The van der Waals surface area contributed by atoms with Gasteiger partial charge in [-0.15, -0.1) is 0 Å². The summed E-state index contributed by atoms with van der Waals surface area (Å²) in [4.78, 5) is 10.9. The summed E-state index contributed by atoms with van der Waals surface area (Å²) in [6.45, 7) is 0. The molecule has 2 N–H and O–H groups in total. The van der Waals surface area contributed by atoms with E-state index >= 15 is 0 Å². The van der Waals surface area contributed by atoms with Crippen LogP contribution < -0.4 is 19.5 Å². The Labute approximate surface area is 93.3 Å². The molecule has 0 bridgehead atoms. The minimum Gasteiger partial charge on any atom is -0.493 e. The van der Waals surface area contributed by atoms with E-state index in [1.807, 2.05) is 0 Å². The third-order valence-electron chi connectivity index (χ3n) is 1.82. The average molecular weight is 228 g/mol. The van der Waals surface area contributed by atoms with Crippen LogP contribution in [0.2, 0.25) is 0 Å². The number of carbonyl (C=O) groups is 1. The number of hydrogen-bond acceptors (Lipinski definition) is 4. The third kappa shape index (κ3) is 2.47. The van der Waals surface area contributed by atoms with Crippen LogP contribution in [0.4, 0.5) is 10.5 Å². The SMILES string of the molecule is COc1ccc(N(S)C(N)=O)cc1OC.